The molecule has 3 amide bonds. The van der Waals surface area contributed by atoms with E-state index in [1.54, 1.807) is 0 Å². The van der Waals surface area contributed by atoms with Gasteiger partial charge >= 0.3 is 0 Å². The molecule has 0 aliphatic carbocycles. The fourth-order valence-corrected chi connectivity index (χ4v) is 1.87. The fraction of sp³-hybridized carbons (Fsp3) is 0. The summed E-state index contributed by atoms with van der Waals surface area (Å²) in [5.74, 6) is -4.33. The predicted molar refractivity (Wildman–Crippen MR) is 77.8 cm³/mol. The zero-order valence-corrected chi connectivity index (χ0v) is 11.6. The largest absolute Gasteiger partial charge is 0.366 e. The van der Waals surface area contributed by atoms with Crippen molar-refractivity contribution in [1.29, 1.82) is 0 Å². The Hall–Kier alpha value is -3.29. The van der Waals surface area contributed by atoms with Crippen molar-refractivity contribution in [3.8, 4) is 0 Å². The number of anilines is 1. The Kier molecular flexibility index (Phi) is 4.35. The van der Waals surface area contributed by atoms with Gasteiger partial charge in [0.15, 0.2) is 0 Å². The minimum absolute atomic E-state index is 0.0322. The minimum atomic E-state index is -0.918. The number of hydrogen-bond donors (Lipinski definition) is 3. The molecule has 2 aromatic carbocycles. The lowest BCUT2D eigenvalue weighted by Gasteiger charge is -2.09. The number of rotatable bonds is 4. The molecular formula is C15H11F2N3O3. The van der Waals surface area contributed by atoms with Crippen LogP contribution in [0.5, 0.6) is 0 Å². The third kappa shape index (κ3) is 3.88. The highest BCUT2D eigenvalue weighted by Crippen LogP contribution is 2.17. The summed E-state index contributed by atoms with van der Waals surface area (Å²) in [7, 11) is 0. The molecule has 2 rings (SSSR count). The molecule has 0 unspecified atom stereocenters. The van der Waals surface area contributed by atoms with Crippen LogP contribution >= 0.6 is 0 Å². The predicted octanol–water partition coefficient (Wildman–Crippen LogP) is 1.41. The van der Waals surface area contributed by atoms with Crippen molar-refractivity contribution in [2.75, 3.05) is 5.32 Å². The van der Waals surface area contributed by atoms with E-state index in [0.29, 0.717) is 6.07 Å². The van der Waals surface area contributed by atoms with E-state index in [9.17, 15) is 23.2 Å². The second kappa shape index (κ2) is 6.22. The second-order valence-electron chi connectivity index (χ2n) is 4.64. The molecule has 0 radical (unpaired) electrons. The van der Waals surface area contributed by atoms with Crippen molar-refractivity contribution in [1.82, 2.24) is 0 Å². The van der Waals surface area contributed by atoms with Gasteiger partial charge in [0.2, 0.25) is 11.8 Å². The van der Waals surface area contributed by atoms with Crippen LogP contribution in [-0.4, -0.2) is 17.7 Å². The smallest absolute Gasteiger partial charge is 0.255 e. The SMILES string of the molecule is NC(=O)c1cc(NC(=O)c2cc(F)cc(F)c2)cc(C(N)=O)c1. The van der Waals surface area contributed by atoms with E-state index in [0.717, 1.165) is 12.1 Å². The maximum atomic E-state index is 13.1. The van der Waals surface area contributed by atoms with Gasteiger partial charge in [0, 0.05) is 28.4 Å². The van der Waals surface area contributed by atoms with Gasteiger partial charge in [-0.05, 0) is 30.3 Å². The minimum Gasteiger partial charge on any atom is -0.366 e. The molecule has 0 heterocycles. The summed E-state index contributed by atoms with van der Waals surface area (Å²) < 4.78 is 26.2. The number of benzene rings is 2. The number of carbonyl (C=O) groups is 3. The number of nitrogens with one attached hydrogen (secondary N) is 1. The quantitative estimate of drug-likeness (QED) is 0.791. The lowest BCUT2D eigenvalue weighted by Crippen LogP contribution is -2.18. The van der Waals surface area contributed by atoms with Gasteiger partial charge in [-0.1, -0.05) is 0 Å². The van der Waals surface area contributed by atoms with E-state index in [1.165, 1.54) is 18.2 Å². The molecule has 0 aliphatic heterocycles. The Morgan fingerprint density at radius 1 is 0.739 bits per heavy atom. The monoisotopic (exact) mass is 319 g/mol. The zero-order chi connectivity index (χ0) is 17.1. The van der Waals surface area contributed by atoms with Crippen LogP contribution in [0.2, 0.25) is 0 Å². The van der Waals surface area contributed by atoms with Crippen molar-refractivity contribution in [2.45, 2.75) is 0 Å². The van der Waals surface area contributed by atoms with E-state index in [1.807, 2.05) is 0 Å². The van der Waals surface area contributed by atoms with Gasteiger partial charge in [0.1, 0.15) is 11.6 Å². The summed E-state index contributed by atoms with van der Waals surface area (Å²) >= 11 is 0. The summed E-state index contributed by atoms with van der Waals surface area (Å²) in [5, 5.41) is 2.32. The number of nitrogens with two attached hydrogens (primary N) is 2. The fourth-order valence-electron chi connectivity index (χ4n) is 1.87. The first-order valence-corrected chi connectivity index (χ1v) is 6.28. The Morgan fingerprint density at radius 2 is 1.22 bits per heavy atom. The van der Waals surface area contributed by atoms with Gasteiger partial charge < -0.3 is 16.8 Å². The first kappa shape index (κ1) is 16.1. The number of carbonyl (C=O) groups excluding carboxylic acids is 3. The van der Waals surface area contributed by atoms with Gasteiger partial charge in [-0.15, -0.1) is 0 Å². The van der Waals surface area contributed by atoms with E-state index in [4.69, 9.17) is 11.5 Å². The van der Waals surface area contributed by atoms with Crippen LogP contribution in [-0.2, 0) is 0 Å². The summed E-state index contributed by atoms with van der Waals surface area (Å²) in [4.78, 5) is 34.5. The first-order chi connectivity index (χ1) is 10.8. The van der Waals surface area contributed by atoms with Crippen LogP contribution < -0.4 is 16.8 Å². The van der Waals surface area contributed by atoms with E-state index < -0.39 is 29.4 Å². The summed E-state index contributed by atoms with van der Waals surface area (Å²) in [6, 6.07) is 5.89. The summed E-state index contributed by atoms with van der Waals surface area (Å²) in [6.45, 7) is 0. The average Bonchev–Trinajstić information content (AvgIpc) is 2.45. The molecule has 0 atom stereocenters. The van der Waals surface area contributed by atoms with E-state index in [2.05, 4.69) is 5.32 Å². The van der Waals surface area contributed by atoms with Gasteiger partial charge in [-0.2, -0.15) is 0 Å². The van der Waals surface area contributed by atoms with Crippen LogP contribution in [0.15, 0.2) is 36.4 Å². The molecule has 0 spiro atoms. The standard InChI is InChI=1S/C15H11F2N3O3/c16-10-2-9(3-11(17)6-10)15(23)20-12-4-7(13(18)21)1-8(5-12)14(19)22/h1-6H,(H2,18,21)(H2,19,22)(H,20,23). The maximum absolute atomic E-state index is 13.1. The lowest BCUT2D eigenvalue weighted by molar-refractivity contribution is 0.0994. The van der Waals surface area contributed by atoms with E-state index in [-0.39, 0.29) is 22.4 Å². The molecule has 8 heteroatoms. The number of halogens is 2. The van der Waals surface area contributed by atoms with Crippen molar-refractivity contribution in [3.05, 3.63) is 64.7 Å². The molecule has 0 aliphatic rings. The molecule has 23 heavy (non-hydrogen) atoms. The van der Waals surface area contributed by atoms with Crippen LogP contribution in [0.4, 0.5) is 14.5 Å². The number of amides is 3. The highest BCUT2D eigenvalue weighted by atomic mass is 19.1. The van der Waals surface area contributed by atoms with Gasteiger partial charge in [0.25, 0.3) is 5.91 Å². The molecular weight excluding hydrogens is 308 g/mol. The molecule has 0 aromatic heterocycles. The van der Waals surface area contributed by atoms with Crippen molar-refractivity contribution in [2.24, 2.45) is 11.5 Å². The number of primary amides is 2. The molecule has 5 N–H and O–H groups in total. The molecule has 2 aromatic rings. The van der Waals surface area contributed by atoms with Crippen LogP contribution in [0.25, 0.3) is 0 Å². The Morgan fingerprint density at radius 3 is 1.65 bits per heavy atom. The molecule has 0 fully saturated rings. The molecule has 0 saturated carbocycles. The molecule has 0 bridgehead atoms. The Labute approximate surface area is 129 Å². The second-order valence-corrected chi connectivity index (χ2v) is 4.64. The van der Waals surface area contributed by atoms with Gasteiger partial charge in [0.05, 0.1) is 0 Å². The zero-order valence-electron chi connectivity index (χ0n) is 11.6. The number of hydrogen-bond acceptors (Lipinski definition) is 3. The molecule has 6 nitrogen and oxygen atoms in total. The van der Waals surface area contributed by atoms with Crippen molar-refractivity contribution < 1.29 is 23.2 Å². The van der Waals surface area contributed by atoms with Gasteiger partial charge in [-0.25, -0.2) is 8.78 Å². The topological polar surface area (TPSA) is 115 Å². The first-order valence-electron chi connectivity index (χ1n) is 6.28. The van der Waals surface area contributed by atoms with Crippen LogP contribution in [0.1, 0.15) is 31.1 Å². The van der Waals surface area contributed by atoms with Crippen LogP contribution in [0, 0.1) is 11.6 Å². The summed E-state index contributed by atoms with van der Waals surface area (Å²) in [6.07, 6.45) is 0. The molecule has 0 saturated heterocycles. The highest BCUT2D eigenvalue weighted by Gasteiger charge is 2.13. The highest BCUT2D eigenvalue weighted by molar-refractivity contribution is 6.06. The third-order valence-electron chi connectivity index (χ3n) is 2.88. The third-order valence-corrected chi connectivity index (χ3v) is 2.88. The maximum Gasteiger partial charge on any atom is 0.255 e. The van der Waals surface area contributed by atoms with E-state index >= 15 is 0 Å². The summed E-state index contributed by atoms with van der Waals surface area (Å²) in [5.41, 5.74) is 9.91. The molecule has 118 valence electrons. The Bertz CT molecular complexity index is 769. The van der Waals surface area contributed by atoms with Crippen molar-refractivity contribution in [3.63, 3.8) is 0 Å². The van der Waals surface area contributed by atoms with Crippen molar-refractivity contribution >= 4 is 23.4 Å². The normalized spacial score (nSPS) is 10.2. The average molecular weight is 319 g/mol. The van der Waals surface area contributed by atoms with Crippen LogP contribution in [0.3, 0.4) is 0 Å². The Balaban J connectivity index is 2.36. The lowest BCUT2D eigenvalue weighted by atomic mass is 10.1. The van der Waals surface area contributed by atoms with Gasteiger partial charge in [-0.3, -0.25) is 14.4 Å².